The summed E-state index contributed by atoms with van der Waals surface area (Å²) in [6.07, 6.45) is 3.73. The largest absolute Gasteiger partial charge is 0.388 e. The molecule has 0 saturated heterocycles. The minimum absolute atomic E-state index is 0.321. The van der Waals surface area contributed by atoms with Crippen LogP contribution >= 0.6 is 11.6 Å². The molecule has 0 fully saturated rings. The lowest BCUT2D eigenvalue weighted by atomic mass is 9.71. The zero-order valence-electron chi connectivity index (χ0n) is 12.4. The van der Waals surface area contributed by atoms with Crippen molar-refractivity contribution in [1.29, 1.82) is 5.26 Å². The highest BCUT2D eigenvalue weighted by Gasteiger charge is 2.36. The van der Waals surface area contributed by atoms with Crippen molar-refractivity contribution in [2.24, 2.45) is 5.41 Å². The monoisotopic (exact) mass is 305 g/mol. The number of nitrogens with one attached hydrogen (secondary N) is 1. The van der Waals surface area contributed by atoms with Crippen molar-refractivity contribution in [1.82, 2.24) is 10.2 Å². The van der Waals surface area contributed by atoms with Gasteiger partial charge in [-0.2, -0.15) is 10.4 Å². The van der Waals surface area contributed by atoms with E-state index in [0.717, 1.165) is 29.3 Å². The first-order valence-electron chi connectivity index (χ1n) is 7.25. The van der Waals surface area contributed by atoms with Gasteiger partial charge in [-0.1, -0.05) is 25.4 Å². The van der Waals surface area contributed by atoms with E-state index in [1.165, 1.54) is 0 Å². The number of H-pyrrole nitrogens is 1. The van der Waals surface area contributed by atoms with E-state index in [9.17, 15) is 5.11 Å². The lowest BCUT2D eigenvalue weighted by Crippen LogP contribution is -2.28. The van der Waals surface area contributed by atoms with E-state index in [1.807, 2.05) is 6.07 Å². The van der Waals surface area contributed by atoms with Gasteiger partial charge < -0.3 is 5.11 Å². The molecule has 2 rings (SSSR count). The molecule has 0 aliphatic heterocycles. The topological polar surface area (TPSA) is 72.7 Å². The van der Waals surface area contributed by atoms with Crippen molar-refractivity contribution < 1.29 is 5.11 Å². The molecule has 0 saturated carbocycles. The second kappa shape index (κ2) is 6.46. The molecule has 1 heterocycles. The Bertz CT molecular complexity index is 655. The molecule has 1 aromatic heterocycles. The van der Waals surface area contributed by atoms with E-state index in [1.54, 1.807) is 12.3 Å². The number of fused-ring (bicyclic) bond motifs is 1. The Hall–Kier alpha value is -1.57. The van der Waals surface area contributed by atoms with Gasteiger partial charge >= 0.3 is 0 Å². The molecule has 2 aromatic rings. The molecule has 0 aliphatic rings. The van der Waals surface area contributed by atoms with Gasteiger partial charge in [0.05, 0.1) is 23.9 Å². The lowest BCUT2D eigenvalue weighted by Gasteiger charge is -2.36. The highest BCUT2D eigenvalue weighted by molar-refractivity contribution is 6.31. The molecule has 0 aliphatic carbocycles. The zero-order chi connectivity index (χ0) is 15.5. The number of aromatic nitrogens is 2. The highest BCUT2D eigenvalue weighted by Crippen LogP contribution is 2.45. The first-order chi connectivity index (χ1) is 10.1. The van der Waals surface area contributed by atoms with Gasteiger partial charge in [0.2, 0.25) is 0 Å². The third-order valence-corrected chi connectivity index (χ3v) is 4.78. The quantitative estimate of drug-likeness (QED) is 0.832. The number of aromatic amines is 1. The van der Waals surface area contributed by atoms with Gasteiger partial charge in [-0.15, -0.1) is 0 Å². The van der Waals surface area contributed by atoms with Crippen molar-refractivity contribution in [2.45, 2.75) is 45.6 Å². The van der Waals surface area contributed by atoms with Crippen LogP contribution in [-0.4, -0.2) is 15.3 Å². The van der Waals surface area contributed by atoms with Crippen LogP contribution in [0.3, 0.4) is 0 Å². The molecule has 1 aromatic carbocycles. The van der Waals surface area contributed by atoms with Crippen molar-refractivity contribution in [3.8, 4) is 6.07 Å². The molecule has 0 bridgehead atoms. The van der Waals surface area contributed by atoms with Crippen LogP contribution in [0, 0.1) is 16.7 Å². The molecule has 0 amide bonds. The van der Waals surface area contributed by atoms with Crippen LogP contribution in [0.2, 0.25) is 5.02 Å². The van der Waals surface area contributed by atoms with E-state index in [4.69, 9.17) is 16.9 Å². The average Bonchev–Trinajstić information content (AvgIpc) is 2.95. The fourth-order valence-corrected chi connectivity index (χ4v) is 3.26. The molecule has 2 N–H and O–H groups in total. The predicted octanol–water partition coefficient (Wildman–Crippen LogP) is 4.36. The summed E-state index contributed by atoms with van der Waals surface area (Å²) in [4.78, 5) is 0. The zero-order valence-corrected chi connectivity index (χ0v) is 13.1. The van der Waals surface area contributed by atoms with E-state index >= 15 is 0 Å². The molecular formula is C16H20ClN3O. The molecule has 112 valence electrons. The van der Waals surface area contributed by atoms with Gasteiger partial charge in [0.15, 0.2) is 0 Å². The van der Waals surface area contributed by atoms with Crippen LogP contribution < -0.4 is 0 Å². The van der Waals surface area contributed by atoms with Crippen LogP contribution in [0.25, 0.3) is 10.9 Å². The van der Waals surface area contributed by atoms with Crippen LogP contribution in [0.1, 0.15) is 51.2 Å². The molecule has 1 unspecified atom stereocenters. The van der Waals surface area contributed by atoms with Gasteiger partial charge in [-0.25, -0.2) is 0 Å². The van der Waals surface area contributed by atoms with E-state index < -0.39 is 6.10 Å². The minimum Gasteiger partial charge on any atom is -0.388 e. The first-order valence-corrected chi connectivity index (χ1v) is 7.63. The number of aliphatic hydroxyl groups is 1. The standard InChI is InChI=1S/C16H20ClN3O/c1-3-16(4-2,6-5-7-18)15(21)13-9-12(17)8-11-10-19-20-14(11)13/h8-10,15,21H,3-6H2,1-2H3,(H,19,20). The number of benzene rings is 1. The Morgan fingerprint density at radius 3 is 2.76 bits per heavy atom. The van der Waals surface area contributed by atoms with Crippen LogP contribution in [0.4, 0.5) is 0 Å². The van der Waals surface area contributed by atoms with Crippen molar-refractivity contribution in [3.05, 3.63) is 28.9 Å². The van der Waals surface area contributed by atoms with Crippen molar-refractivity contribution in [2.75, 3.05) is 0 Å². The Morgan fingerprint density at radius 1 is 1.43 bits per heavy atom. The van der Waals surface area contributed by atoms with E-state index in [0.29, 0.717) is 17.9 Å². The second-order valence-corrected chi connectivity index (χ2v) is 5.90. The summed E-state index contributed by atoms with van der Waals surface area (Å²) >= 11 is 6.16. The van der Waals surface area contributed by atoms with E-state index in [2.05, 4.69) is 30.1 Å². The van der Waals surface area contributed by atoms with Crippen LogP contribution in [-0.2, 0) is 0 Å². The number of hydrogen-bond acceptors (Lipinski definition) is 3. The van der Waals surface area contributed by atoms with Gasteiger partial charge in [0.1, 0.15) is 0 Å². The lowest BCUT2D eigenvalue weighted by molar-refractivity contribution is 0.0107. The maximum absolute atomic E-state index is 11.0. The summed E-state index contributed by atoms with van der Waals surface area (Å²) in [6.45, 7) is 4.11. The Balaban J connectivity index is 2.50. The molecular weight excluding hydrogens is 286 g/mol. The summed E-state index contributed by atoms with van der Waals surface area (Å²) < 4.78 is 0. The number of aliphatic hydroxyl groups excluding tert-OH is 1. The number of hydrogen-bond donors (Lipinski definition) is 2. The molecule has 21 heavy (non-hydrogen) atoms. The minimum atomic E-state index is -0.678. The number of halogens is 1. The van der Waals surface area contributed by atoms with Crippen LogP contribution in [0.15, 0.2) is 18.3 Å². The Kier molecular flexibility index (Phi) is 4.87. The molecule has 0 radical (unpaired) electrons. The first kappa shape index (κ1) is 15.8. The Labute approximate surface area is 129 Å². The maximum atomic E-state index is 11.0. The van der Waals surface area contributed by atoms with Crippen LogP contribution in [0.5, 0.6) is 0 Å². The van der Waals surface area contributed by atoms with Gasteiger partial charge in [0, 0.05) is 27.8 Å². The normalized spacial score (nSPS) is 13.3. The summed E-state index contributed by atoms with van der Waals surface area (Å²) in [7, 11) is 0. The molecule has 0 spiro atoms. The molecule has 1 atom stereocenters. The highest BCUT2D eigenvalue weighted by atomic mass is 35.5. The number of nitrogens with zero attached hydrogens (tertiary/aromatic N) is 2. The Morgan fingerprint density at radius 2 is 2.14 bits per heavy atom. The fourth-order valence-electron chi connectivity index (χ4n) is 3.02. The maximum Gasteiger partial charge on any atom is 0.0867 e. The van der Waals surface area contributed by atoms with Gasteiger partial charge in [-0.05, 0) is 31.4 Å². The summed E-state index contributed by atoms with van der Waals surface area (Å²) in [6, 6.07) is 5.80. The van der Waals surface area contributed by atoms with Crippen molar-refractivity contribution in [3.63, 3.8) is 0 Å². The second-order valence-electron chi connectivity index (χ2n) is 5.46. The summed E-state index contributed by atoms with van der Waals surface area (Å²) in [5.74, 6) is 0. The summed E-state index contributed by atoms with van der Waals surface area (Å²) in [5.41, 5.74) is 1.25. The third-order valence-electron chi connectivity index (χ3n) is 4.56. The molecule has 4 nitrogen and oxygen atoms in total. The SMILES string of the molecule is CCC(CC)(CCC#N)C(O)c1cc(Cl)cc2cn[nH]c12. The average molecular weight is 306 g/mol. The van der Waals surface area contributed by atoms with Crippen molar-refractivity contribution >= 4 is 22.5 Å². The smallest absolute Gasteiger partial charge is 0.0867 e. The number of nitriles is 1. The predicted molar refractivity (Wildman–Crippen MR) is 83.9 cm³/mol. The van der Waals surface area contributed by atoms with E-state index in [-0.39, 0.29) is 5.41 Å². The van der Waals surface area contributed by atoms with Gasteiger partial charge in [0.25, 0.3) is 0 Å². The molecule has 5 heteroatoms. The third kappa shape index (κ3) is 2.90. The summed E-state index contributed by atoms with van der Waals surface area (Å²) in [5, 5.41) is 28.3. The fraction of sp³-hybridized carbons (Fsp3) is 0.500. The number of rotatable bonds is 6. The van der Waals surface area contributed by atoms with Gasteiger partial charge in [-0.3, -0.25) is 5.10 Å².